The van der Waals surface area contributed by atoms with Crippen LogP contribution in [-0.4, -0.2) is 26.6 Å². The van der Waals surface area contributed by atoms with Gasteiger partial charge in [0.15, 0.2) is 0 Å². The Morgan fingerprint density at radius 2 is 1.77 bits per heavy atom. The molecule has 31 heavy (non-hydrogen) atoms. The number of aryl methyl sites for hydroxylation is 1. The van der Waals surface area contributed by atoms with Gasteiger partial charge in [-0.2, -0.15) is 0 Å². The number of hydrogen-bond acceptors (Lipinski definition) is 4. The third-order valence-corrected chi connectivity index (χ3v) is 8.17. The highest BCUT2D eigenvalue weighted by Gasteiger charge is 2.36. The molecule has 4 rings (SSSR count). The molecule has 3 aromatic carbocycles. The fraction of sp³-hybridized carbons (Fsp3) is 0.208. The minimum atomic E-state index is -3.68. The summed E-state index contributed by atoms with van der Waals surface area (Å²) in [4.78, 5) is 14.1. The summed E-state index contributed by atoms with van der Waals surface area (Å²) < 4.78 is 28.1. The highest BCUT2D eigenvalue weighted by molar-refractivity contribution is 7.98. The molecule has 1 heterocycles. The Hall–Kier alpha value is -2.77. The van der Waals surface area contributed by atoms with Crippen molar-refractivity contribution in [2.75, 3.05) is 15.9 Å². The summed E-state index contributed by atoms with van der Waals surface area (Å²) in [6.07, 6.45) is 2.52. The van der Waals surface area contributed by atoms with E-state index in [1.807, 2.05) is 44.4 Å². The van der Waals surface area contributed by atoms with Crippen LogP contribution >= 0.6 is 11.8 Å². The zero-order valence-corrected chi connectivity index (χ0v) is 19.3. The predicted molar refractivity (Wildman–Crippen MR) is 127 cm³/mol. The van der Waals surface area contributed by atoms with Crippen molar-refractivity contribution < 1.29 is 13.2 Å². The number of benzene rings is 3. The van der Waals surface area contributed by atoms with Gasteiger partial charge in [0.05, 0.1) is 16.3 Å². The van der Waals surface area contributed by atoms with Gasteiger partial charge in [-0.25, -0.2) is 8.42 Å². The van der Waals surface area contributed by atoms with E-state index in [0.717, 1.165) is 21.7 Å². The van der Waals surface area contributed by atoms with Gasteiger partial charge in [0.25, 0.3) is 15.9 Å². The molecular weight excluding hydrogens is 428 g/mol. The lowest BCUT2D eigenvalue weighted by molar-refractivity contribution is 0.102. The van der Waals surface area contributed by atoms with Crippen LogP contribution < -0.4 is 9.62 Å². The van der Waals surface area contributed by atoms with Crippen molar-refractivity contribution in [3.8, 4) is 0 Å². The van der Waals surface area contributed by atoms with E-state index < -0.39 is 10.0 Å². The van der Waals surface area contributed by atoms with Crippen molar-refractivity contribution in [1.29, 1.82) is 0 Å². The van der Waals surface area contributed by atoms with Crippen molar-refractivity contribution >= 4 is 39.1 Å². The second-order valence-corrected chi connectivity index (χ2v) is 10.3. The van der Waals surface area contributed by atoms with Crippen molar-refractivity contribution in [2.24, 2.45) is 0 Å². The van der Waals surface area contributed by atoms with E-state index in [9.17, 15) is 13.2 Å². The summed E-state index contributed by atoms with van der Waals surface area (Å²) in [6.45, 7) is 3.81. The first-order chi connectivity index (χ1) is 14.8. The van der Waals surface area contributed by atoms with E-state index in [0.29, 0.717) is 17.7 Å². The normalized spacial score (nSPS) is 15.6. The van der Waals surface area contributed by atoms with Crippen LogP contribution in [0.15, 0.2) is 76.5 Å². The SMILES string of the molecule is CSc1ccccc1NC(=O)c1ccc2c(c1)C[C@@H](C)N2S(=O)(=O)c1ccc(C)cc1. The maximum atomic E-state index is 13.3. The number of anilines is 2. The number of hydrogen-bond donors (Lipinski definition) is 1. The highest BCUT2D eigenvalue weighted by Crippen LogP contribution is 2.37. The topological polar surface area (TPSA) is 66.5 Å². The van der Waals surface area contributed by atoms with Crippen LogP contribution in [0.4, 0.5) is 11.4 Å². The molecule has 7 heteroatoms. The second kappa shape index (κ2) is 8.40. The monoisotopic (exact) mass is 452 g/mol. The van der Waals surface area contributed by atoms with Gasteiger partial charge in [0.1, 0.15) is 0 Å². The zero-order chi connectivity index (χ0) is 22.2. The predicted octanol–water partition coefficient (Wildman–Crippen LogP) is 5.11. The lowest BCUT2D eigenvalue weighted by Crippen LogP contribution is -2.35. The third-order valence-electron chi connectivity index (χ3n) is 5.43. The van der Waals surface area contributed by atoms with Gasteiger partial charge in [-0.1, -0.05) is 29.8 Å². The molecular formula is C24H24N2O3S2. The smallest absolute Gasteiger partial charge is 0.264 e. The molecule has 0 fully saturated rings. The Labute approximate surface area is 187 Å². The van der Waals surface area contributed by atoms with Crippen LogP contribution in [0.1, 0.15) is 28.4 Å². The minimum Gasteiger partial charge on any atom is -0.321 e. The summed E-state index contributed by atoms with van der Waals surface area (Å²) in [7, 11) is -3.68. The molecule has 0 aliphatic carbocycles. The van der Waals surface area contributed by atoms with E-state index in [4.69, 9.17) is 0 Å². The molecule has 1 atom stereocenters. The molecule has 0 bridgehead atoms. The van der Waals surface area contributed by atoms with Gasteiger partial charge in [-0.3, -0.25) is 9.10 Å². The number of fused-ring (bicyclic) bond motifs is 1. The van der Waals surface area contributed by atoms with Crippen molar-refractivity contribution in [3.63, 3.8) is 0 Å². The van der Waals surface area contributed by atoms with E-state index >= 15 is 0 Å². The molecule has 0 saturated carbocycles. The molecule has 0 aromatic heterocycles. The Bertz CT molecular complexity index is 1240. The molecule has 0 spiro atoms. The van der Waals surface area contributed by atoms with Crippen LogP contribution in [0.2, 0.25) is 0 Å². The lowest BCUT2D eigenvalue weighted by Gasteiger charge is -2.24. The molecule has 0 radical (unpaired) electrons. The number of carbonyl (C=O) groups excluding carboxylic acids is 1. The number of thioether (sulfide) groups is 1. The number of para-hydroxylation sites is 1. The second-order valence-electron chi connectivity index (χ2n) is 7.66. The van der Waals surface area contributed by atoms with Crippen molar-refractivity contribution in [1.82, 2.24) is 0 Å². The van der Waals surface area contributed by atoms with Gasteiger partial charge in [-0.15, -0.1) is 11.8 Å². The Kier molecular flexibility index (Phi) is 5.81. The van der Waals surface area contributed by atoms with Crippen LogP contribution in [0.25, 0.3) is 0 Å². The van der Waals surface area contributed by atoms with Gasteiger partial charge in [0.2, 0.25) is 0 Å². The fourth-order valence-corrected chi connectivity index (χ4v) is 6.12. The third kappa shape index (κ3) is 4.07. The van der Waals surface area contributed by atoms with Gasteiger partial charge < -0.3 is 5.32 Å². The zero-order valence-electron chi connectivity index (χ0n) is 17.6. The molecule has 1 aliphatic heterocycles. The molecule has 3 aromatic rings. The molecule has 1 aliphatic rings. The first-order valence-corrected chi connectivity index (χ1v) is 12.7. The number of sulfonamides is 1. The quantitative estimate of drug-likeness (QED) is 0.547. The maximum Gasteiger partial charge on any atom is 0.264 e. The molecule has 1 N–H and O–H groups in total. The Morgan fingerprint density at radius 1 is 1.06 bits per heavy atom. The Morgan fingerprint density at radius 3 is 2.48 bits per heavy atom. The van der Waals surface area contributed by atoms with Crippen LogP contribution in [-0.2, 0) is 16.4 Å². The molecule has 5 nitrogen and oxygen atoms in total. The standard InChI is InChI=1S/C24H24N2O3S2/c1-16-8-11-20(12-9-16)31(28,29)26-17(2)14-19-15-18(10-13-22(19)26)24(27)25-21-6-4-5-7-23(21)30-3/h4-13,15,17H,14H2,1-3H3,(H,25,27)/t17-/m1/s1. The highest BCUT2D eigenvalue weighted by atomic mass is 32.2. The van der Waals surface area contributed by atoms with Crippen LogP contribution in [0.5, 0.6) is 0 Å². The van der Waals surface area contributed by atoms with E-state index in [2.05, 4.69) is 5.32 Å². The number of nitrogens with one attached hydrogen (secondary N) is 1. The first-order valence-electron chi connectivity index (χ1n) is 9.99. The summed E-state index contributed by atoms with van der Waals surface area (Å²) in [6, 6.07) is 19.5. The summed E-state index contributed by atoms with van der Waals surface area (Å²) in [5.74, 6) is -0.211. The molecule has 0 saturated heterocycles. The number of carbonyl (C=O) groups is 1. The fourth-order valence-electron chi connectivity index (χ4n) is 3.88. The summed E-state index contributed by atoms with van der Waals surface area (Å²) >= 11 is 1.57. The van der Waals surface area contributed by atoms with E-state index in [1.54, 1.807) is 54.2 Å². The van der Waals surface area contributed by atoms with Gasteiger partial charge >= 0.3 is 0 Å². The summed E-state index contributed by atoms with van der Waals surface area (Å²) in [5.41, 5.74) is 3.77. The van der Waals surface area contributed by atoms with Crippen molar-refractivity contribution in [3.05, 3.63) is 83.4 Å². The average molecular weight is 453 g/mol. The van der Waals surface area contributed by atoms with E-state index in [-0.39, 0.29) is 16.8 Å². The first kappa shape index (κ1) is 21.5. The van der Waals surface area contributed by atoms with Gasteiger partial charge in [0, 0.05) is 16.5 Å². The summed E-state index contributed by atoms with van der Waals surface area (Å²) in [5, 5.41) is 2.96. The lowest BCUT2D eigenvalue weighted by atomic mass is 10.1. The van der Waals surface area contributed by atoms with Gasteiger partial charge in [-0.05, 0) is 74.6 Å². The number of nitrogens with zero attached hydrogens (tertiary/aromatic N) is 1. The number of amides is 1. The molecule has 0 unspecified atom stereocenters. The minimum absolute atomic E-state index is 0.211. The van der Waals surface area contributed by atoms with Crippen LogP contribution in [0.3, 0.4) is 0 Å². The maximum absolute atomic E-state index is 13.3. The average Bonchev–Trinajstić information content (AvgIpc) is 3.10. The van der Waals surface area contributed by atoms with E-state index in [1.165, 1.54) is 4.31 Å². The molecule has 160 valence electrons. The van der Waals surface area contributed by atoms with Crippen molar-refractivity contribution in [2.45, 2.75) is 36.1 Å². The number of rotatable bonds is 5. The van der Waals surface area contributed by atoms with Crippen LogP contribution in [0, 0.1) is 6.92 Å². The Balaban J connectivity index is 1.63. The molecule has 1 amide bonds. The largest absolute Gasteiger partial charge is 0.321 e.